The third kappa shape index (κ3) is 10.3. The van der Waals surface area contributed by atoms with Crippen molar-refractivity contribution in [2.24, 2.45) is 0 Å². The fourth-order valence-electron chi connectivity index (χ4n) is 1.12. The summed E-state index contributed by atoms with van der Waals surface area (Å²) >= 11 is 0. The lowest BCUT2D eigenvalue weighted by Crippen LogP contribution is -2.47. The van der Waals surface area contributed by atoms with Crippen LogP contribution in [-0.4, -0.2) is 55.1 Å². The van der Waals surface area contributed by atoms with Crippen molar-refractivity contribution in [1.29, 1.82) is 0 Å². The van der Waals surface area contributed by atoms with E-state index in [4.69, 9.17) is 14.6 Å². The van der Waals surface area contributed by atoms with Gasteiger partial charge in [0.25, 0.3) is 0 Å². The van der Waals surface area contributed by atoms with E-state index in [9.17, 15) is 9.59 Å². The lowest BCUT2D eigenvalue weighted by molar-refractivity contribution is -0.123. The highest BCUT2D eigenvalue weighted by molar-refractivity contribution is 5.85. The van der Waals surface area contributed by atoms with Gasteiger partial charge < -0.3 is 25.2 Å². The third-order valence-electron chi connectivity index (χ3n) is 1.91. The second-order valence-electron chi connectivity index (χ2n) is 4.99. The van der Waals surface area contributed by atoms with Crippen LogP contribution in [0.1, 0.15) is 27.7 Å². The van der Waals surface area contributed by atoms with Crippen molar-refractivity contribution in [1.82, 2.24) is 10.6 Å². The molecular formula is C12H24N2O5. The molecule has 0 aliphatic heterocycles. The highest BCUT2D eigenvalue weighted by Gasteiger charge is 2.20. The van der Waals surface area contributed by atoms with Crippen molar-refractivity contribution in [3.05, 3.63) is 0 Å². The Balaban J connectivity index is 3.84. The van der Waals surface area contributed by atoms with Gasteiger partial charge >= 0.3 is 6.09 Å². The van der Waals surface area contributed by atoms with E-state index in [1.54, 1.807) is 27.7 Å². The van der Waals surface area contributed by atoms with E-state index in [0.29, 0.717) is 13.2 Å². The van der Waals surface area contributed by atoms with E-state index in [1.807, 2.05) is 0 Å². The summed E-state index contributed by atoms with van der Waals surface area (Å²) in [6, 6.07) is -0.687. The predicted octanol–water partition coefficient (Wildman–Crippen LogP) is 0.0247. The van der Waals surface area contributed by atoms with Crippen LogP contribution < -0.4 is 10.6 Å². The molecule has 0 saturated heterocycles. The molecule has 0 heterocycles. The van der Waals surface area contributed by atoms with Crippen LogP contribution in [0, 0.1) is 0 Å². The second kappa shape index (κ2) is 8.71. The maximum Gasteiger partial charge on any atom is 0.408 e. The molecule has 19 heavy (non-hydrogen) atoms. The van der Waals surface area contributed by atoms with Gasteiger partial charge in [0, 0.05) is 6.54 Å². The molecule has 0 aliphatic carbocycles. The molecule has 3 N–H and O–H groups in total. The smallest absolute Gasteiger partial charge is 0.408 e. The molecule has 0 radical (unpaired) electrons. The maximum atomic E-state index is 11.6. The Morgan fingerprint density at radius 3 is 2.42 bits per heavy atom. The monoisotopic (exact) mass is 276 g/mol. The molecule has 0 aromatic rings. The maximum absolute atomic E-state index is 11.6. The average molecular weight is 276 g/mol. The van der Waals surface area contributed by atoms with E-state index in [-0.39, 0.29) is 19.1 Å². The minimum absolute atomic E-state index is 0.0510. The fourth-order valence-corrected chi connectivity index (χ4v) is 1.12. The normalized spacial score (nSPS) is 12.7. The molecule has 0 aromatic heterocycles. The van der Waals surface area contributed by atoms with E-state index < -0.39 is 17.7 Å². The summed E-state index contributed by atoms with van der Waals surface area (Å²) in [4.78, 5) is 23.0. The van der Waals surface area contributed by atoms with Crippen LogP contribution in [0.15, 0.2) is 0 Å². The summed E-state index contributed by atoms with van der Waals surface area (Å²) in [5.74, 6) is -0.321. The van der Waals surface area contributed by atoms with Crippen molar-refractivity contribution >= 4 is 12.0 Å². The van der Waals surface area contributed by atoms with Gasteiger partial charge in [0.1, 0.15) is 11.6 Å². The molecule has 112 valence electrons. The van der Waals surface area contributed by atoms with Crippen molar-refractivity contribution in [2.45, 2.75) is 39.3 Å². The number of nitrogens with one attached hydrogen (secondary N) is 2. The lowest BCUT2D eigenvalue weighted by atomic mass is 10.2. The van der Waals surface area contributed by atoms with Crippen molar-refractivity contribution in [2.75, 3.05) is 26.4 Å². The molecule has 2 amide bonds. The summed E-state index contributed by atoms with van der Waals surface area (Å²) < 4.78 is 10.0. The number of amides is 2. The Hall–Kier alpha value is -1.34. The molecular weight excluding hydrogens is 252 g/mol. The number of hydrogen-bond acceptors (Lipinski definition) is 5. The number of ether oxygens (including phenoxy) is 2. The molecule has 0 bridgehead atoms. The van der Waals surface area contributed by atoms with E-state index in [2.05, 4.69) is 10.6 Å². The Bertz CT molecular complexity index is 288. The van der Waals surface area contributed by atoms with E-state index in [0.717, 1.165) is 0 Å². The Labute approximate surface area is 113 Å². The summed E-state index contributed by atoms with van der Waals surface area (Å²) in [5.41, 5.74) is -0.599. The SMILES string of the molecule is CC(NC(=O)OC(C)(C)C)C(=O)NCCOCCO. The summed E-state index contributed by atoms with van der Waals surface area (Å²) in [5, 5.41) is 13.5. The molecule has 0 fully saturated rings. The van der Waals surface area contributed by atoms with Crippen LogP contribution in [0.25, 0.3) is 0 Å². The first-order valence-corrected chi connectivity index (χ1v) is 6.22. The van der Waals surface area contributed by atoms with Crippen LogP contribution in [0.5, 0.6) is 0 Å². The van der Waals surface area contributed by atoms with Crippen molar-refractivity contribution in [3.8, 4) is 0 Å². The predicted molar refractivity (Wildman–Crippen MR) is 69.7 cm³/mol. The summed E-state index contributed by atoms with van der Waals surface area (Å²) in [7, 11) is 0. The molecule has 1 atom stereocenters. The highest BCUT2D eigenvalue weighted by atomic mass is 16.6. The third-order valence-corrected chi connectivity index (χ3v) is 1.91. The number of rotatable bonds is 7. The van der Waals surface area contributed by atoms with Crippen molar-refractivity contribution < 1.29 is 24.2 Å². The molecule has 0 aromatic carbocycles. The largest absolute Gasteiger partial charge is 0.444 e. The highest BCUT2D eigenvalue weighted by Crippen LogP contribution is 2.06. The summed E-state index contributed by atoms with van der Waals surface area (Å²) in [6.07, 6.45) is -0.633. The lowest BCUT2D eigenvalue weighted by Gasteiger charge is -2.21. The van der Waals surface area contributed by atoms with Gasteiger partial charge in [-0.15, -0.1) is 0 Å². The zero-order chi connectivity index (χ0) is 14.9. The molecule has 0 rings (SSSR count). The van der Waals surface area contributed by atoms with Gasteiger partial charge in [-0.25, -0.2) is 4.79 Å². The number of hydrogen-bond donors (Lipinski definition) is 3. The van der Waals surface area contributed by atoms with Crippen LogP contribution in [-0.2, 0) is 14.3 Å². The van der Waals surface area contributed by atoms with Gasteiger partial charge in [-0.2, -0.15) is 0 Å². The number of carbonyl (C=O) groups excluding carboxylic acids is 2. The first kappa shape index (κ1) is 17.7. The molecule has 7 nitrogen and oxygen atoms in total. The van der Waals surface area contributed by atoms with Crippen molar-refractivity contribution in [3.63, 3.8) is 0 Å². The standard InChI is InChI=1S/C12H24N2O5/c1-9(14-11(17)19-12(2,3)4)10(16)13-5-7-18-8-6-15/h9,15H,5-8H2,1-4H3,(H,13,16)(H,14,17). The first-order chi connectivity index (χ1) is 8.76. The minimum Gasteiger partial charge on any atom is -0.444 e. The van der Waals surface area contributed by atoms with Gasteiger partial charge in [-0.05, 0) is 27.7 Å². The van der Waals surface area contributed by atoms with Gasteiger partial charge in [-0.3, -0.25) is 4.79 Å². The molecule has 0 saturated carbocycles. The Morgan fingerprint density at radius 1 is 1.26 bits per heavy atom. The molecule has 7 heteroatoms. The zero-order valence-corrected chi connectivity index (χ0v) is 12.0. The Kier molecular flexibility index (Phi) is 8.09. The van der Waals surface area contributed by atoms with Crippen LogP contribution >= 0.6 is 0 Å². The van der Waals surface area contributed by atoms with Crippen LogP contribution in [0.3, 0.4) is 0 Å². The van der Waals surface area contributed by atoms with Gasteiger partial charge in [0.05, 0.1) is 19.8 Å². The molecule has 0 spiro atoms. The Morgan fingerprint density at radius 2 is 1.89 bits per heavy atom. The number of alkyl carbamates (subject to hydrolysis) is 1. The van der Waals surface area contributed by atoms with Gasteiger partial charge in [0.2, 0.25) is 5.91 Å². The number of aliphatic hydroxyl groups excluding tert-OH is 1. The first-order valence-electron chi connectivity index (χ1n) is 6.22. The zero-order valence-electron chi connectivity index (χ0n) is 12.0. The van der Waals surface area contributed by atoms with Crippen LogP contribution in [0.4, 0.5) is 4.79 Å². The summed E-state index contributed by atoms with van der Waals surface area (Å²) in [6.45, 7) is 7.62. The topological polar surface area (TPSA) is 96.9 Å². The van der Waals surface area contributed by atoms with Gasteiger partial charge in [-0.1, -0.05) is 0 Å². The van der Waals surface area contributed by atoms with Crippen LogP contribution in [0.2, 0.25) is 0 Å². The fraction of sp³-hybridized carbons (Fsp3) is 0.833. The number of carbonyl (C=O) groups is 2. The quantitative estimate of drug-likeness (QED) is 0.570. The molecule has 1 unspecified atom stereocenters. The molecule has 0 aliphatic rings. The number of aliphatic hydroxyl groups is 1. The van der Waals surface area contributed by atoms with Gasteiger partial charge in [0.15, 0.2) is 0 Å². The second-order valence-corrected chi connectivity index (χ2v) is 4.99. The van der Waals surface area contributed by atoms with E-state index in [1.165, 1.54) is 0 Å². The minimum atomic E-state index is -0.687. The van der Waals surface area contributed by atoms with E-state index >= 15 is 0 Å². The average Bonchev–Trinajstić information content (AvgIpc) is 2.25.